The number of ether oxygens (including phenoxy) is 2. The first-order valence-corrected chi connectivity index (χ1v) is 10.5. The van der Waals surface area contributed by atoms with Gasteiger partial charge in [-0.1, -0.05) is 30.3 Å². The van der Waals surface area contributed by atoms with Gasteiger partial charge in [0.1, 0.15) is 11.7 Å². The molecule has 5 rings (SSSR count). The minimum absolute atomic E-state index is 0.170. The summed E-state index contributed by atoms with van der Waals surface area (Å²) < 4.78 is 11.3. The summed E-state index contributed by atoms with van der Waals surface area (Å²) in [5.41, 5.74) is 5.19. The van der Waals surface area contributed by atoms with Crippen LogP contribution in [0.3, 0.4) is 0 Å². The van der Waals surface area contributed by atoms with Crippen LogP contribution < -0.4 is 9.47 Å². The van der Waals surface area contributed by atoms with Crippen molar-refractivity contribution in [2.45, 2.75) is 19.4 Å². The van der Waals surface area contributed by atoms with Crippen LogP contribution in [0.4, 0.5) is 0 Å². The van der Waals surface area contributed by atoms with Crippen molar-refractivity contribution >= 4 is 16.8 Å². The average molecular weight is 428 g/mol. The number of nitrogens with zero attached hydrogens (tertiary/aromatic N) is 3. The first-order chi connectivity index (χ1) is 15.6. The van der Waals surface area contributed by atoms with Gasteiger partial charge >= 0.3 is 0 Å². The van der Waals surface area contributed by atoms with Crippen molar-refractivity contribution < 1.29 is 14.3 Å². The van der Waals surface area contributed by atoms with Gasteiger partial charge in [-0.05, 0) is 31.0 Å². The van der Waals surface area contributed by atoms with Gasteiger partial charge in [0, 0.05) is 34.9 Å². The quantitative estimate of drug-likeness (QED) is 0.530. The van der Waals surface area contributed by atoms with E-state index in [0.717, 1.165) is 28.9 Å². The fourth-order valence-electron chi connectivity index (χ4n) is 4.56. The Morgan fingerprint density at radius 2 is 1.91 bits per heavy atom. The SMILES string of the molecule is COc1cccc([C@@H]2c3[nH]c4ccccc4c3CCN2C(=O)c2cnc(C)cn2)c1OC. The summed E-state index contributed by atoms with van der Waals surface area (Å²) in [7, 11) is 3.23. The van der Waals surface area contributed by atoms with Crippen LogP contribution in [-0.2, 0) is 6.42 Å². The van der Waals surface area contributed by atoms with E-state index in [1.807, 2.05) is 42.2 Å². The largest absolute Gasteiger partial charge is 0.493 e. The number of benzene rings is 2. The number of methoxy groups -OCH3 is 2. The summed E-state index contributed by atoms with van der Waals surface area (Å²) >= 11 is 0. The number of para-hydroxylation sites is 2. The first-order valence-electron chi connectivity index (χ1n) is 10.5. The Labute approximate surface area is 186 Å². The van der Waals surface area contributed by atoms with Gasteiger partial charge in [-0.25, -0.2) is 4.98 Å². The lowest BCUT2D eigenvalue weighted by Gasteiger charge is -2.36. The first kappa shape index (κ1) is 20.1. The number of aromatic amines is 1. The zero-order valence-corrected chi connectivity index (χ0v) is 18.3. The molecule has 0 saturated heterocycles. The van der Waals surface area contributed by atoms with E-state index in [0.29, 0.717) is 23.7 Å². The maximum absolute atomic E-state index is 13.6. The lowest BCUT2D eigenvalue weighted by molar-refractivity contribution is 0.0683. The minimum Gasteiger partial charge on any atom is -0.493 e. The Kier molecular flexibility index (Phi) is 5.01. The van der Waals surface area contributed by atoms with E-state index >= 15 is 0 Å². The van der Waals surface area contributed by atoms with Crippen molar-refractivity contribution in [1.29, 1.82) is 0 Å². The molecule has 0 fully saturated rings. The second kappa shape index (κ2) is 8.00. The summed E-state index contributed by atoms with van der Waals surface area (Å²) in [6.45, 7) is 2.40. The van der Waals surface area contributed by atoms with Crippen molar-refractivity contribution in [3.63, 3.8) is 0 Å². The average Bonchev–Trinajstić information content (AvgIpc) is 3.21. The molecule has 1 aliphatic heterocycles. The number of hydrogen-bond donors (Lipinski definition) is 1. The number of carbonyl (C=O) groups is 1. The lowest BCUT2D eigenvalue weighted by Crippen LogP contribution is -2.41. The zero-order chi connectivity index (χ0) is 22.2. The molecule has 1 amide bonds. The van der Waals surface area contributed by atoms with Gasteiger partial charge in [-0.15, -0.1) is 0 Å². The highest BCUT2D eigenvalue weighted by Crippen LogP contribution is 2.44. The standard InChI is InChI=1S/C25H24N4O3/c1-15-13-27-20(14-26-15)25(30)29-12-11-17-16-7-4-5-9-19(16)28-22(17)23(29)18-8-6-10-21(31-2)24(18)32-3/h4-10,13-14,23,28H,11-12H2,1-3H3/t23-/m1/s1. The molecule has 0 saturated carbocycles. The number of carbonyl (C=O) groups excluding carboxylic acids is 1. The van der Waals surface area contributed by atoms with Crippen molar-refractivity contribution in [3.8, 4) is 11.5 Å². The summed E-state index contributed by atoms with van der Waals surface area (Å²) in [4.78, 5) is 27.6. The molecule has 32 heavy (non-hydrogen) atoms. The van der Waals surface area contributed by atoms with Gasteiger partial charge in [0.2, 0.25) is 0 Å². The third kappa shape index (κ3) is 3.17. The lowest BCUT2D eigenvalue weighted by atomic mass is 9.91. The third-order valence-corrected chi connectivity index (χ3v) is 6.02. The van der Waals surface area contributed by atoms with Crippen LogP contribution >= 0.6 is 0 Å². The van der Waals surface area contributed by atoms with Crippen LogP contribution in [0, 0.1) is 6.92 Å². The highest BCUT2D eigenvalue weighted by molar-refractivity contribution is 5.94. The Bertz CT molecular complexity index is 1300. The van der Waals surface area contributed by atoms with Crippen LogP contribution in [0.2, 0.25) is 0 Å². The number of nitrogens with one attached hydrogen (secondary N) is 1. The zero-order valence-electron chi connectivity index (χ0n) is 18.3. The fraction of sp³-hybridized carbons (Fsp3) is 0.240. The van der Waals surface area contributed by atoms with E-state index in [9.17, 15) is 4.79 Å². The number of H-pyrrole nitrogens is 1. The molecule has 2 aromatic heterocycles. The van der Waals surface area contributed by atoms with Gasteiger partial charge in [-0.3, -0.25) is 9.78 Å². The molecule has 7 heteroatoms. The highest BCUT2D eigenvalue weighted by Gasteiger charge is 2.37. The molecular formula is C25H24N4O3. The third-order valence-electron chi connectivity index (χ3n) is 6.02. The fourth-order valence-corrected chi connectivity index (χ4v) is 4.56. The van der Waals surface area contributed by atoms with Crippen LogP contribution in [0.25, 0.3) is 10.9 Å². The van der Waals surface area contributed by atoms with Gasteiger partial charge in [0.25, 0.3) is 5.91 Å². The summed E-state index contributed by atoms with van der Waals surface area (Å²) in [5.74, 6) is 1.06. The molecule has 0 unspecified atom stereocenters. The van der Waals surface area contributed by atoms with Crippen molar-refractivity contribution in [2.75, 3.05) is 20.8 Å². The van der Waals surface area contributed by atoms with Crippen molar-refractivity contribution in [2.24, 2.45) is 0 Å². The molecule has 0 bridgehead atoms. The molecule has 2 aromatic carbocycles. The van der Waals surface area contributed by atoms with E-state index in [1.165, 1.54) is 17.1 Å². The molecule has 0 aliphatic carbocycles. The number of hydrogen-bond acceptors (Lipinski definition) is 5. The van der Waals surface area contributed by atoms with Gasteiger partial charge in [0.15, 0.2) is 11.5 Å². The molecule has 1 N–H and O–H groups in total. The molecule has 0 radical (unpaired) electrons. The molecule has 7 nitrogen and oxygen atoms in total. The Morgan fingerprint density at radius 3 is 2.66 bits per heavy atom. The predicted molar refractivity (Wildman–Crippen MR) is 121 cm³/mol. The van der Waals surface area contributed by atoms with Crippen molar-refractivity contribution in [1.82, 2.24) is 19.9 Å². The van der Waals surface area contributed by atoms with Crippen LogP contribution in [-0.4, -0.2) is 46.5 Å². The predicted octanol–water partition coefficient (Wildman–Crippen LogP) is 4.07. The van der Waals surface area contributed by atoms with Crippen LogP contribution in [0.1, 0.15) is 39.0 Å². The minimum atomic E-state index is -0.383. The van der Waals surface area contributed by atoms with E-state index < -0.39 is 0 Å². The van der Waals surface area contributed by atoms with Crippen LogP contribution in [0.15, 0.2) is 54.9 Å². The molecular weight excluding hydrogens is 404 g/mol. The molecule has 1 aliphatic rings. The van der Waals surface area contributed by atoms with Gasteiger partial charge in [0.05, 0.1) is 26.1 Å². The second-order valence-corrected chi connectivity index (χ2v) is 7.84. The Morgan fingerprint density at radius 1 is 1.06 bits per heavy atom. The summed E-state index contributed by atoms with van der Waals surface area (Å²) in [6.07, 6.45) is 3.90. The van der Waals surface area contributed by atoms with E-state index in [2.05, 4.69) is 27.1 Å². The molecule has 162 valence electrons. The number of amides is 1. The maximum atomic E-state index is 13.6. The Balaban J connectivity index is 1.71. The maximum Gasteiger partial charge on any atom is 0.274 e. The smallest absolute Gasteiger partial charge is 0.274 e. The molecule has 0 spiro atoms. The topological polar surface area (TPSA) is 80.3 Å². The normalized spacial score (nSPS) is 15.5. The van der Waals surface area contributed by atoms with Gasteiger partial charge in [-0.2, -0.15) is 0 Å². The summed E-state index contributed by atoms with van der Waals surface area (Å²) in [5, 5.41) is 1.18. The number of aromatic nitrogens is 3. The number of aryl methyl sites for hydroxylation is 1. The van der Waals surface area contributed by atoms with E-state index in [4.69, 9.17) is 9.47 Å². The van der Waals surface area contributed by atoms with Crippen molar-refractivity contribution in [3.05, 3.63) is 83.1 Å². The molecule has 4 aromatic rings. The van der Waals surface area contributed by atoms with Crippen LogP contribution in [0.5, 0.6) is 11.5 Å². The van der Waals surface area contributed by atoms with E-state index in [-0.39, 0.29) is 11.9 Å². The molecule has 3 heterocycles. The van der Waals surface area contributed by atoms with Gasteiger partial charge < -0.3 is 19.4 Å². The monoisotopic (exact) mass is 428 g/mol. The molecule has 1 atom stereocenters. The second-order valence-electron chi connectivity index (χ2n) is 7.84. The number of fused-ring (bicyclic) bond motifs is 3. The summed E-state index contributed by atoms with van der Waals surface area (Å²) in [6, 6.07) is 13.6. The number of rotatable bonds is 4. The Hall–Kier alpha value is -3.87. The van der Waals surface area contributed by atoms with E-state index in [1.54, 1.807) is 20.4 Å². The highest BCUT2D eigenvalue weighted by atomic mass is 16.5.